The fourth-order valence-electron chi connectivity index (χ4n) is 2.94. The third kappa shape index (κ3) is 4.69. The van der Waals surface area contributed by atoms with E-state index >= 15 is 0 Å². The molecule has 0 aliphatic carbocycles. The monoisotopic (exact) mass is 379 g/mol. The molecular formula is C23H22ClNO2. The van der Waals surface area contributed by atoms with Crippen LogP contribution < -0.4 is 10.1 Å². The van der Waals surface area contributed by atoms with Crippen LogP contribution in [-0.2, 0) is 4.79 Å². The second kappa shape index (κ2) is 8.74. The van der Waals surface area contributed by atoms with Gasteiger partial charge in [-0.25, -0.2) is 0 Å². The molecule has 0 saturated heterocycles. The molecule has 3 aromatic carbocycles. The molecule has 2 atom stereocenters. The number of hydrogen-bond acceptors (Lipinski definition) is 2. The van der Waals surface area contributed by atoms with Gasteiger partial charge in [-0.05, 0) is 42.7 Å². The van der Waals surface area contributed by atoms with Crippen molar-refractivity contribution in [2.45, 2.75) is 26.0 Å². The van der Waals surface area contributed by atoms with Crippen molar-refractivity contribution in [2.24, 2.45) is 0 Å². The lowest BCUT2D eigenvalue weighted by molar-refractivity contribution is -0.127. The van der Waals surface area contributed by atoms with Crippen molar-refractivity contribution in [2.75, 3.05) is 0 Å². The Hall–Kier alpha value is -2.78. The average Bonchev–Trinajstić information content (AvgIpc) is 2.69. The summed E-state index contributed by atoms with van der Waals surface area (Å²) in [6, 6.07) is 24.9. The number of para-hydroxylation sites is 1. The summed E-state index contributed by atoms with van der Waals surface area (Å²) in [5.74, 6) is 0.293. The highest BCUT2D eigenvalue weighted by Gasteiger charge is 2.23. The maximum Gasteiger partial charge on any atom is 0.261 e. The number of amides is 1. The molecule has 27 heavy (non-hydrogen) atoms. The summed E-state index contributed by atoms with van der Waals surface area (Å²) in [5.41, 5.74) is 3.19. The lowest BCUT2D eigenvalue weighted by Crippen LogP contribution is -2.39. The molecule has 0 bridgehead atoms. The number of hydrogen-bond donors (Lipinski definition) is 1. The Morgan fingerprint density at radius 1 is 0.926 bits per heavy atom. The van der Waals surface area contributed by atoms with Crippen molar-refractivity contribution >= 4 is 17.5 Å². The molecular weight excluding hydrogens is 358 g/mol. The molecule has 0 saturated carbocycles. The van der Waals surface area contributed by atoms with Gasteiger partial charge in [0, 0.05) is 0 Å². The van der Waals surface area contributed by atoms with E-state index in [0.717, 1.165) is 16.7 Å². The molecule has 0 heterocycles. The summed E-state index contributed by atoms with van der Waals surface area (Å²) in [7, 11) is 0. The predicted octanol–water partition coefficient (Wildman–Crippen LogP) is 5.32. The molecule has 0 radical (unpaired) electrons. The van der Waals surface area contributed by atoms with E-state index in [-0.39, 0.29) is 11.9 Å². The minimum Gasteiger partial charge on any atom is -0.479 e. The summed E-state index contributed by atoms with van der Waals surface area (Å²) in [5, 5.41) is 3.60. The molecule has 3 nitrogen and oxygen atoms in total. The van der Waals surface area contributed by atoms with Gasteiger partial charge in [-0.1, -0.05) is 78.3 Å². The van der Waals surface area contributed by atoms with Gasteiger partial charge >= 0.3 is 0 Å². The number of benzene rings is 3. The number of halogens is 1. The van der Waals surface area contributed by atoms with E-state index in [2.05, 4.69) is 5.32 Å². The number of carbonyl (C=O) groups excluding carboxylic acids is 1. The molecule has 4 heteroatoms. The topological polar surface area (TPSA) is 38.3 Å². The van der Waals surface area contributed by atoms with Gasteiger partial charge in [0.1, 0.15) is 5.75 Å². The van der Waals surface area contributed by atoms with Crippen LogP contribution in [0.25, 0.3) is 0 Å². The molecule has 0 unspecified atom stereocenters. The Morgan fingerprint density at radius 3 is 2.26 bits per heavy atom. The highest BCUT2D eigenvalue weighted by atomic mass is 35.5. The highest BCUT2D eigenvalue weighted by molar-refractivity contribution is 6.32. The summed E-state index contributed by atoms with van der Waals surface area (Å²) in [6.45, 7) is 3.76. The van der Waals surface area contributed by atoms with Crippen molar-refractivity contribution in [3.63, 3.8) is 0 Å². The van der Waals surface area contributed by atoms with Gasteiger partial charge in [-0.3, -0.25) is 4.79 Å². The van der Waals surface area contributed by atoms with E-state index in [9.17, 15) is 4.79 Å². The minimum absolute atomic E-state index is 0.202. The van der Waals surface area contributed by atoms with Gasteiger partial charge in [0.2, 0.25) is 0 Å². The quantitative estimate of drug-likeness (QED) is 0.629. The Balaban J connectivity index is 1.83. The maximum atomic E-state index is 12.8. The zero-order valence-corrected chi connectivity index (χ0v) is 16.1. The fourth-order valence-corrected chi connectivity index (χ4v) is 3.12. The molecule has 0 aliphatic rings. The maximum absolute atomic E-state index is 12.8. The highest BCUT2D eigenvalue weighted by Crippen LogP contribution is 2.26. The smallest absolute Gasteiger partial charge is 0.261 e. The second-order valence-electron chi connectivity index (χ2n) is 6.40. The van der Waals surface area contributed by atoms with E-state index in [4.69, 9.17) is 16.3 Å². The molecule has 138 valence electrons. The Kier molecular flexibility index (Phi) is 6.15. The minimum atomic E-state index is -0.680. The standard InChI is InChI=1S/C23H22ClNO2/c1-16-10-6-7-13-19(16)22(18-11-4-3-5-12-18)25-23(26)17(2)27-21-15-9-8-14-20(21)24/h3-15,17,22H,1-2H3,(H,25,26)/t17-,22+/m0/s1. The molecule has 0 aliphatic heterocycles. The summed E-state index contributed by atoms with van der Waals surface area (Å²) in [6.07, 6.45) is -0.680. The van der Waals surface area contributed by atoms with Crippen LogP contribution in [0.1, 0.15) is 29.7 Å². The van der Waals surface area contributed by atoms with Crippen LogP contribution >= 0.6 is 11.6 Å². The second-order valence-corrected chi connectivity index (χ2v) is 6.81. The van der Waals surface area contributed by atoms with Crippen molar-refractivity contribution in [3.05, 3.63) is 101 Å². The first-order valence-electron chi connectivity index (χ1n) is 8.88. The molecule has 1 amide bonds. The number of aryl methyl sites for hydroxylation is 1. The van der Waals surface area contributed by atoms with Crippen molar-refractivity contribution in [1.29, 1.82) is 0 Å². The molecule has 3 aromatic rings. The van der Waals surface area contributed by atoms with Gasteiger partial charge < -0.3 is 10.1 Å². The van der Waals surface area contributed by atoms with Gasteiger partial charge in [-0.2, -0.15) is 0 Å². The van der Waals surface area contributed by atoms with Crippen molar-refractivity contribution in [1.82, 2.24) is 5.32 Å². The van der Waals surface area contributed by atoms with Gasteiger partial charge in [-0.15, -0.1) is 0 Å². The van der Waals surface area contributed by atoms with Crippen LogP contribution in [0.2, 0.25) is 5.02 Å². The first-order chi connectivity index (χ1) is 13.1. The normalized spacial score (nSPS) is 12.9. The van der Waals surface area contributed by atoms with Crippen LogP contribution in [-0.4, -0.2) is 12.0 Å². The molecule has 0 aromatic heterocycles. The zero-order valence-electron chi connectivity index (χ0n) is 15.4. The summed E-state index contributed by atoms with van der Waals surface area (Å²) in [4.78, 5) is 12.8. The number of rotatable bonds is 6. The van der Waals surface area contributed by atoms with Gasteiger partial charge in [0.05, 0.1) is 11.1 Å². The SMILES string of the molecule is Cc1ccccc1[C@H](NC(=O)[C@H](C)Oc1ccccc1Cl)c1ccccc1. The fraction of sp³-hybridized carbons (Fsp3) is 0.174. The van der Waals surface area contributed by atoms with Crippen LogP contribution in [0.5, 0.6) is 5.75 Å². The zero-order chi connectivity index (χ0) is 19.2. The lowest BCUT2D eigenvalue weighted by Gasteiger charge is -2.24. The van der Waals surface area contributed by atoms with E-state index in [1.54, 1.807) is 19.1 Å². The van der Waals surface area contributed by atoms with Gasteiger partial charge in [0.15, 0.2) is 6.10 Å². The van der Waals surface area contributed by atoms with E-state index in [1.807, 2.05) is 73.7 Å². The van der Waals surface area contributed by atoms with E-state index in [0.29, 0.717) is 10.8 Å². The lowest BCUT2D eigenvalue weighted by atomic mass is 9.95. The first kappa shape index (κ1) is 19.0. The van der Waals surface area contributed by atoms with E-state index < -0.39 is 6.10 Å². The molecule has 0 fully saturated rings. The Bertz CT molecular complexity index is 911. The van der Waals surface area contributed by atoms with Crippen molar-refractivity contribution in [3.8, 4) is 5.75 Å². The van der Waals surface area contributed by atoms with Crippen LogP contribution in [0, 0.1) is 6.92 Å². The number of carbonyl (C=O) groups is 1. The first-order valence-corrected chi connectivity index (χ1v) is 9.26. The Morgan fingerprint density at radius 2 is 1.56 bits per heavy atom. The molecule has 3 rings (SSSR count). The van der Waals surface area contributed by atoms with Crippen LogP contribution in [0.15, 0.2) is 78.9 Å². The average molecular weight is 380 g/mol. The van der Waals surface area contributed by atoms with E-state index in [1.165, 1.54) is 0 Å². The Labute approximate surface area is 164 Å². The summed E-state index contributed by atoms with van der Waals surface area (Å²) >= 11 is 6.13. The third-order valence-electron chi connectivity index (χ3n) is 4.43. The van der Waals surface area contributed by atoms with Crippen LogP contribution in [0.3, 0.4) is 0 Å². The third-order valence-corrected chi connectivity index (χ3v) is 4.74. The molecule has 0 spiro atoms. The van der Waals surface area contributed by atoms with Gasteiger partial charge in [0.25, 0.3) is 5.91 Å². The number of nitrogens with one attached hydrogen (secondary N) is 1. The molecule has 1 N–H and O–H groups in total. The number of ether oxygens (including phenoxy) is 1. The predicted molar refractivity (Wildman–Crippen MR) is 109 cm³/mol. The van der Waals surface area contributed by atoms with Crippen molar-refractivity contribution < 1.29 is 9.53 Å². The summed E-state index contributed by atoms with van der Waals surface area (Å²) < 4.78 is 5.77. The largest absolute Gasteiger partial charge is 0.479 e. The van der Waals surface area contributed by atoms with Crippen LogP contribution in [0.4, 0.5) is 0 Å².